The largest absolute Gasteiger partial charge is 0.420 e. The third-order valence-electron chi connectivity index (χ3n) is 4.20. The number of hydrogen-bond acceptors (Lipinski definition) is 4. The van der Waals surface area contributed by atoms with Crippen molar-refractivity contribution in [3.63, 3.8) is 0 Å². The smallest absolute Gasteiger partial charge is 0.378 e. The molecule has 3 rings (SSSR count). The van der Waals surface area contributed by atoms with Crippen molar-refractivity contribution in [3.05, 3.63) is 52.8 Å². The van der Waals surface area contributed by atoms with E-state index >= 15 is 0 Å². The number of hydrogen-bond donors (Lipinski definition) is 1. The van der Waals surface area contributed by atoms with Crippen LogP contribution in [0.25, 0.3) is 0 Å². The van der Waals surface area contributed by atoms with Crippen LogP contribution in [0.2, 0.25) is 0 Å². The van der Waals surface area contributed by atoms with Gasteiger partial charge in [-0.2, -0.15) is 13.2 Å². The second-order valence-electron chi connectivity index (χ2n) is 5.84. The number of rotatable bonds is 3. The summed E-state index contributed by atoms with van der Waals surface area (Å²) in [6, 6.07) is 10.9. The van der Waals surface area contributed by atoms with Gasteiger partial charge in [0, 0.05) is 36.3 Å². The van der Waals surface area contributed by atoms with Crippen molar-refractivity contribution in [2.75, 3.05) is 36.0 Å². The van der Waals surface area contributed by atoms with Crippen LogP contribution in [-0.2, 0) is 0 Å². The second-order valence-corrected chi connectivity index (χ2v) is 6.75. The zero-order chi connectivity index (χ0) is 18.0. The number of aromatic nitrogens is 1. The zero-order valence-electron chi connectivity index (χ0n) is 13.2. The normalized spacial score (nSPS) is 16.8. The molecule has 0 amide bonds. The molecule has 0 spiro atoms. The van der Waals surface area contributed by atoms with E-state index < -0.39 is 12.3 Å². The summed E-state index contributed by atoms with van der Waals surface area (Å²) in [5.41, 5.74) is 1.52. The van der Waals surface area contributed by atoms with E-state index in [0.717, 1.165) is 42.0 Å². The van der Waals surface area contributed by atoms with E-state index in [2.05, 4.69) is 42.8 Å². The Kier molecular flexibility index (Phi) is 5.19. The number of aliphatic hydroxyl groups excluding tert-OH is 1. The Hall–Kier alpha value is -1.80. The molecule has 1 saturated heterocycles. The molecule has 1 N–H and O–H groups in total. The molecule has 0 aliphatic carbocycles. The first-order chi connectivity index (χ1) is 11.8. The second kappa shape index (κ2) is 7.21. The number of halogens is 4. The predicted molar refractivity (Wildman–Crippen MR) is 93.8 cm³/mol. The van der Waals surface area contributed by atoms with Gasteiger partial charge in [-0.05, 0) is 36.4 Å². The lowest BCUT2D eigenvalue weighted by molar-refractivity contribution is -0.207. The van der Waals surface area contributed by atoms with Gasteiger partial charge in [0.1, 0.15) is 0 Å². The van der Waals surface area contributed by atoms with Crippen LogP contribution in [0, 0.1) is 0 Å². The Morgan fingerprint density at radius 2 is 1.44 bits per heavy atom. The van der Waals surface area contributed by atoms with E-state index in [4.69, 9.17) is 0 Å². The molecule has 1 unspecified atom stereocenters. The van der Waals surface area contributed by atoms with Crippen LogP contribution in [0.4, 0.5) is 24.5 Å². The van der Waals surface area contributed by atoms with Crippen molar-refractivity contribution >= 4 is 27.3 Å². The summed E-state index contributed by atoms with van der Waals surface area (Å²) >= 11 is 3.42. The van der Waals surface area contributed by atoms with E-state index in [1.165, 1.54) is 12.3 Å². The molecule has 0 bridgehead atoms. The van der Waals surface area contributed by atoms with Crippen molar-refractivity contribution in [1.29, 1.82) is 0 Å². The van der Waals surface area contributed by atoms with Crippen LogP contribution in [-0.4, -0.2) is 42.4 Å². The minimum absolute atomic E-state index is 0.384. The van der Waals surface area contributed by atoms with Crippen LogP contribution in [0.5, 0.6) is 0 Å². The Morgan fingerprint density at radius 1 is 0.920 bits per heavy atom. The molecular formula is C17H17BrF3N3O. The molecule has 1 fully saturated rings. The molecule has 4 nitrogen and oxygen atoms in total. The molecule has 1 aromatic heterocycles. The van der Waals surface area contributed by atoms with E-state index in [0.29, 0.717) is 0 Å². The van der Waals surface area contributed by atoms with Gasteiger partial charge in [-0.1, -0.05) is 15.9 Å². The van der Waals surface area contributed by atoms with Crippen LogP contribution in [0.3, 0.4) is 0 Å². The van der Waals surface area contributed by atoms with Crippen molar-refractivity contribution in [2.24, 2.45) is 0 Å². The lowest BCUT2D eigenvalue weighted by Crippen LogP contribution is -2.46. The fourth-order valence-corrected chi connectivity index (χ4v) is 3.05. The zero-order valence-corrected chi connectivity index (χ0v) is 14.8. The minimum Gasteiger partial charge on any atom is -0.378 e. The Balaban J connectivity index is 1.62. The molecule has 8 heteroatoms. The van der Waals surface area contributed by atoms with Crippen molar-refractivity contribution in [2.45, 2.75) is 12.3 Å². The molecule has 2 aromatic rings. The number of anilines is 2. The van der Waals surface area contributed by atoms with Crippen molar-refractivity contribution in [3.8, 4) is 0 Å². The first kappa shape index (κ1) is 18.0. The third-order valence-corrected chi connectivity index (χ3v) is 4.73. The number of piperazine rings is 1. The summed E-state index contributed by atoms with van der Waals surface area (Å²) in [5, 5.41) is 9.23. The Labute approximate surface area is 152 Å². The summed E-state index contributed by atoms with van der Waals surface area (Å²) in [6.45, 7) is 3.13. The summed E-state index contributed by atoms with van der Waals surface area (Å²) in [6.07, 6.45) is -5.86. The third kappa shape index (κ3) is 4.24. The number of alkyl halides is 3. The molecule has 25 heavy (non-hydrogen) atoms. The van der Waals surface area contributed by atoms with Crippen molar-refractivity contribution < 1.29 is 18.3 Å². The quantitative estimate of drug-likeness (QED) is 0.827. The maximum atomic E-state index is 12.5. The number of nitrogens with zero attached hydrogens (tertiary/aromatic N) is 3. The maximum Gasteiger partial charge on any atom is 0.420 e. The highest BCUT2D eigenvalue weighted by atomic mass is 79.9. The lowest BCUT2D eigenvalue weighted by atomic mass is 10.2. The van der Waals surface area contributed by atoms with E-state index in [-0.39, 0.29) is 5.69 Å². The van der Waals surface area contributed by atoms with Crippen LogP contribution >= 0.6 is 15.9 Å². The van der Waals surface area contributed by atoms with Gasteiger partial charge in [0.05, 0.1) is 17.6 Å². The van der Waals surface area contributed by atoms with Gasteiger partial charge >= 0.3 is 6.18 Å². The monoisotopic (exact) mass is 415 g/mol. The van der Waals surface area contributed by atoms with Gasteiger partial charge in [-0.25, -0.2) is 0 Å². The van der Waals surface area contributed by atoms with Crippen molar-refractivity contribution in [1.82, 2.24) is 4.98 Å². The first-order valence-corrected chi connectivity index (χ1v) is 8.60. The number of aliphatic hydroxyl groups is 1. The summed E-state index contributed by atoms with van der Waals surface area (Å²) in [5.74, 6) is 0. The number of pyridine rings is 1. The average Bonchev–Trinajstić information content (AvgIpc) is 2.61. The molecule has 1 aliphatic heterocycles. The highest BCUT2D eigenvalue weighted by molar-refractivity contribution is 9.10. The molecule has 0 saturated carbocycles. The average molecular weight is 416 g/mol. The predicted octanol–water partition coefficient (Wildman–Crippen LogP) is 3.77. The molecular weight excluding hydrogens is 399 g/mol. The van der Waals surface area contributed by atoms with E-state index in [1.54, 1.807) is 6.07 Å². The van der Waals surface area contributed by atoms with Gasteiger partial charge in [-0.3, -0.25) is 4.98 Å². The molecule has 1 aromatic carbocycles. The van der Waals surface area contributed by atoms with E-state index in [1.807, 2.05) is 12.1 Å². The topological polar surface area (TPSA) is 39.6 Å². The fourth-order valence-electron chi connectivity index (χ4n) is 2.79. The first-order valence-electron chi connectivity index (χ1n) is 7.81. The molecule has 1 atom stereocenters. The van der Waals surface area contributed by atoms with Gasteiger partial charge in [0.25, 0.3) is 0 Å². The summed E-state index contributed by atoms with van der Waals surface area (Å²) in [4.78, 5) is 8.11. The van der Waals surface area contributed by atoms with Crippen LogP contribution < -0.4 is 9.80 Å². The van der Waals surface area contributed by atoms with Gasteiger partial charge < -0.3 is 14.9 Å². The molecule has 2 heterocycles. The number of benzene rings is 1. The fraction of sp³-hybridized carbons (Fsp3) is 0.353. The van der Waals surface area contributed by atoms with Crippen LogP contribution in [0.15, 0.2) is 47.1 Å². The van der Waals surface area contributed by atoms with Gasteiger partial charge in [0.2, 0.25) is 0 Å². The molecule has 134 valence electrons. The highest BCUT2D eigenvalue weighted by Gasteiger charge is 2.40. The SMILES string of the molecule is OC(c1ccc(N2CCN(c3ccc(Br)cc3)CC2)cn1)C(F)(F)F. The van der Waals surface area contributed by atoms with E-state index in [9.17, 15) is 18.3 Å². The maximum absolute atomic E-state index is 12.5. The lowest BCUT2D eigenvalue weighted by Gasteiger charge is -2.37. The van der Waals surface area contributed by atoms with Gasteiger partial charge in [0.15, 0.2) is 6.10 Å². The summed E-state index contributed by atoms with van der Waals surface area (Å²) in [7, 11) is 0. The standard InChI is InChI=1S/C17H17BrF3N3O/c18-12-1-3-13(4-2-12)23-7-9-24(10-8-23)14-5-6-15(22-11-14)16(25)17(19,20)21/h1-6,11,16,25H,7-10H2. The van der Waals surface area contributed by atoms with Crippen LogP contribution in [0.1, 0.15) is 11.8 Å². The highest BCUT2D eigenvalue weighted by Crippen LogP contribution is 2.32. The minimum atomic E-state index is -4.70. The molecule has 0 radical (unpaired) electrons. The summed E-state index contributed by atoms with van der Waals surface area (Å²) < 4.78 is 38.6. The van der Waals surface area contributed by atoms with Gasteiger partial charge in [-0.15, -0.1) is 0 Å². The molecule has 1 aliphatic rings. The Bertz CT molecular complexity index is 699. The Morgan fingerprint density at radius 3 is 1.92 bits per heavy atom.